The molecule has 150 valence electrons. The molecule has 1 atom stereocenters. The minimum Gasteiger partial charge on any atom is -0.478 e. The molecule has 2 aromatic carbocycles. The summed E-state index contributed by atoms with van der Waals surface area (Å²) in [6.07, 6.45) is 3.58. The lowest BCUT2D eigenvalue weighted by atomic mass is 10.0. The van der Waals surface area contributed by atoms with E-state index in [9.17, 15) is 14.0 Å². The number of allylic oxidation sites excluding steroid dienone is 2. The molecular weight excluding hydrogens is 375 g/mol. The van der Waals surface area contributed by atoms with Crippen LogP contribution in [0.3, 0.4) is 0 Å². The van der Waals surface area contributed by atoms with E-state index in [0.717, 1.165) is 17.6 Å². The van der Waals surface area contributed by atoms with Gasteiger partial charge in [0.25, 0.3) is 5.91 Å². The highest BCUT2D eigenvalue weighted by molar-refractivity contribution is 5.95. The third-order valence-electron chi connectivity index (χ3n) is 4.44. The first-order valence-electron chi connectivity index (χ1n) is 9.15. The standard InChI is InChI=1S/C22H21FN2O4/c1-2-14-11-19(21(25-12-14)29-18-9-7-17(23)8-10-18)20(26)24-13-15-3-5-16(6-4-15)22(27)28/h3-12,21,25H,2,13H2,1H3,(H,24,26)(H,27,28). The molecule has 1 aliphatic heterocycles. The molecule has 1 unspecified atom stereocenters. The van der Waals surface area contributed by atoms with E-state index in [0.29, 0.717) is 11.3 Å². The van der Waals surface area contributed by atoms with Gasteiger partial charge in [0.2, 0.25) is 6.23 Å². The van der Waals surface area contributed by atoms with E-state index in [1.807, 2.05) is 6.92 Å². The number of carbonyl (C=O) groups is 2. The monoisotopic (exact) mass is 396 g/mol. The van der Waals surface area contributed by atoms with Crippen molar-refractivity contribution in [3.8, 4) is 5.75 Å². The number of ether oxygens (including phenoxy) is 1. The number of dihydropyridines is 1. The van der Waals surface area contributed by atoms with E-state index in [1.165, 1.54) is 36.4 Å². The van der Waals surface area contributed by atoms with Gasteiger partial charge in [-0.2, -0.15) is 0 Å². The van der Waals surface area contributed by atoms with E-state index < -0.39 is 12.2 Å². The summed E-state index contributed by atoms with van der Waals surface area (Å²) in [5.41, 5.74) is 2.30. The van der Waals surface area contributed by atoms with Crippen LogP contribution in [-0.2, 0) is 11.3 Å². The van der Waals surface area contributed by atoms with Crippen LogP contribution in [0.25, 0.3) is 0 Å². The number of hydrogen-bond acceptors (Lipinski definition) is 4. The Morgan fingerprint density at radius 2 is 1.83 bits per heavy atom. The summed E-state index contributed by atoms with van der Waals surface area (Å²) in [6, 6.07) is 11.9. The van der Waals surface area contributed by atoms with Crippen LogP contribution in [0.5, 0.6) is 5.75 Å². The van der Waals surface area contributed by atoms with Gasteiger partial charge in [-0.3, -0.25) is 4.79 Å². The Balaban J connectivity index is 1.69. The number of amides is 1. The largest absolute Gasteiger partial charge is 0.478 e. The van der Waals surface area contributed by atoms with Gasteiger partial charge in [0, 0.05) is 12.7 Å². The minimum absolute atomic E-state index is 0.185. The van der Waals surface area contributed by atoms with Crippen molar-refractivity contribution in [2.75, 3.05) is 0 Å². The smallest absolute Gasteiger partial charge is 0.335 e. The Bertz CT molecular complexity index is 950. The van der Waals surface area contributed by atoms with E-state index in [-0.39, 0.29) is 23.8 Å². The third-order valence-corrected chi connectivity index (χ3v) is 4.44. The lowest BCUT2D eigenvalue weighted by Crippen LogP contribution is -2.41. The topological polar surface area (TPSA) is 87.7 Å². The molecule has 6 nitrogen and oxygen atoms in total. The lowest BCUT2D eigenvalue weighted by Gasteiger charge is -2.25. The van der Waals surface area contributed by atoms with Crippen LogP contribution in [0.2, 0.25) is 0 Å². The van der Waals surface area contributed by atoms with Gasteiger partial charge in [0.05, 0.1) is 11.1 Å². The highest BCUT2D eigenvalue weighted by atomic mass is 19.1. The van der Waals surface area contributed by atoms with Crippen LogP contribution < -0.4 is 15.4 Å². The predicted octanol–water partition coefficient (Wildman–Crippen LogP) is 3.37. The summed E-state index contributed by atoms with van der Waals surface area (Å²) in [5, 5.41) is 14.8. The number of nitrogens with one attached hydrogen (secondary N) is 2. The van der Waals surface area contributed by atoms with Gasteiger partial charge in [-0.25, -0.2) is 9.18 Å². The summed E-state index contributed by atoms with van der Waals surface area (Å²) >= 11 is 0. The van der Waals surface area contributed by atoms with Crippen molar-refractivity contribution in [1.29, 1.82) is 0 Å². The van der Waals surface area contributed by atoms with Crippen molar-refractivity contribution >= 4 is 11.9 Å². The first-order chi connectivity index (χ1) is 14.0. The SMILES string of the molecule is CCC1=CNC(Oc2ccc(F)cc2)C(C(=O)NCc2ccc(C(=O)O)cc2)=C1. The van der Waals surface area contributed by atoms with Crippen molar-refractivity contribution in [2.24, 2.45) is 0 Å². The number of aromatic carboxylic acids is 1. The van der Waals surface area contributed by atoms with E-state index in [4.69, 9.17) is 9.84 Å². The van der Waals surface area contributed by atoms with Crippen molar-refractivity contribution in [1.82, 2.24) is 10.6 Å². The van der Waals surface area contributed by atoms with Crippen LogP contribution in [0.4, 0.5) is 4.39 Å². The fourth-order valence-electron chi connectivity index (χ4n) is 2.77. The summed E-state index contributed by atoms with van der Waals surface area (Å²) in [6.45, 7) is 2.22. The first-order valence-corrected chi connectivity index (χ1v) is 9.15. The molecule has 0 aliphatic carbocycles. The molecule has 0 spiro atoms. The van der Waals surface area contributed by atoms with Crippen LogP contribution in [0, 0.1) is 5.82 Å². The van der Waals surface area contributed by atoms with E-state index in [1.54, 1.807) is 24.4 Å². The molecule has 2 aromatic rings. The van der Waals surface area contributed by atoms with Gasteiger partial charge < -0.3 is 20.5 Å². The number of carbonyl (C=O) groups excluding carboxylic acids is 1. The Kier molecular flexibility index (Phi) is 6.29. The second-order valence-corrected chi connectivity index (χ2v) is 6.48. The number of rotatable bonds is 7. The van der Waals surface area contributed by atoms with Gasteiger partial charge in [0.15, 0.2) is 0 Å². The number of halogens is 1. The highest BCUT2D eigenvalue weighted by Crippen LogP contribution is 2.20. The number of benzene rings is 2. The predicted molar refractivity (Wildman–Crippen MR) is 106 cm³/mol. The van der Waals surface area contributed by atoms with Crippen LogP contribution in [0.15, 0.2) is 72.0 Å². The fourth-order valence-corrected chi connectivity index (χ4v) is 2.77. The Morgan fingerprint density at radius 3 is 2.45 bits per heavy atom. The summed E-state index contributed by atoms with van der Waals surface area (Å²) in [4.78, 5) is 23.7. The molecule has 0 saturated heterocycles. The Morgan fingerprint density at radius 1 is 1.14 bits per heavy atom. The molecule has 0 aromatic heterocycles. The van der Waals surface area contributed by atoms with Crippen molar-refractivity contribution in [2.45, 2.75) is 26.1 Å². The first kappa shape index (κ1) is 20.1. The molecule has 1 aliphatic rings. The molecular formula is C22H21FN2O4. The van der Waals surface area contributed by atoms with Gasteiger partial charge in [-0.15, -0.1) is 0 Å². The average Bonchev–Trinajstić information content (AvgIpc) is 2.74. The average molecular weight is 396 g/mol. The molecule has 0 bridgehead atoms. The van der Waals surface area contributed by atoms with Crippen molar-refractivity contribution in [3.63, 3.8) is 0 Å². The lowest BCUT2D eigenvalue weighted by molar-refractivity contribution is -0.118. The second-order valence-electron chi connectivity index (χ2n) is 6.48. The normalized spacial score (nSPS) is 15.6. The summed E-state index contributed by atoms with van der Waals surface area (Å²) < 4.78 is 18.9. The summed E-state index contributed by atoms with van der Waals surface area (Å²) in [7, 11) is 0. The maximum Gasteiger partial charge on any atom is 0.335 e. The Hall–Kier alpha value is -3.61. The molecule has 3 N–H and O–H groups in total. The van der Waals surface area contributed by atoms with Crippen molar-refractivity contribution < 1.29 is 23.8 Å². The molecule has 29 heavy (non-hydrogen) atoms. The highest BCUT2D eigenvalue weighted by Gasteiger charge is 2.25. The molecule has 1 amide bonds. The van der Waals surface area contributed by atoms with Crippen LogP contribution in [0.1, 0.15) is 29.3 Å². The molecule has 1 heterocycles. The fraction of sp³-hybridized carbons (Fsp3) is 0.182. The maximum absolute atomic E-state index is 13.1. The molecule has 3 rings (SSSR count). The van der Waals surface area contributed by atoms with Crippen LogP contribution in [-0.4, -0.2) is 23.2 Å². The van der Waals surface area contributed by atoms with Gasteiger partial charge >= 0.3 is 5.97 Å². The molecule has 0 saturated carbocycles. The zero-order valence-corrected chi connectivity index (χ0v) is 15.8. The van der Waals surface area contributed by atoms with Crippen LogP contribution >= 0.6 is 0 Å². The molecule has 7 heteroatoms. The molecule has 0 radical (unpaired) electrons. The van der Waals surface area contributed by atoms with Crippen molar-refractivity contribution in [3.05, 3.63) is 88.9 Å². The maximum atomic E-state index is 13.1. The number of carboxylic acid groups (broad SMARTS) is 1. The van der Waals surface area contributed by atoms with Gasteiger partial charge in [-0.05, 0) is 60.0 Å². The number of hydrogen-bond donors (Lipinski definition) is 3. The third kappa shape index (κ3) is 5.22. The zero-order chi connectivity index (χ0) is 20.8. The second kappa shape index (κ2) is 9.05. The quantitative estimate of drug-likeness (QED) is 0.668. The zero-order valence-electron chi connectivity index (χ0n) is 15.8. The van der Waals surface area contributed by atoms with Gasteiger partial charge in [0.1, 0.15) is 11.6 Å². The van der Waals surface area contributed by atoms with E-state index >= 15 is 0 Å². The Labute approximate surface area is 167 Å². The van der Waals surface area contributed by atoms with E-state index in [2.05, 4.69) is 10.6 Å². The van der Waals surface area contributed by atoms with Gasteiger partial charge in [-0.1, -0.05) is 19.1 Å². The minimum atomic E-state index is -1.00. The molecule has 0 fully saturated rings. The summed E-state index contributed by atoms with van der Waals surface area (Å²) in [5.74, 6) is -1.26. The number of carboxylic acids is 1.